The minimum absolute atomic E-state index is 0.0712. The van der Waals surface area contributed by atoms with E-state index in [0.717, 1.165) is 5.56 Å². The summed E-state index contributed by atoms with van der Waals surface area (Å²) in [7, 11) is 0. The number of anilines is 1. The topological polar surface area (TPSA) is 123 Å². The van der Waals surface area contributed by atoms with Crippen molar-refractivity contribution < 1.29 is 14.4 Å². The van der Waals surface area contributed by atoms with Crippen molar-refractivity contribution in [3.05, 3.63) is 63.0 Å². The molecule has 2 heterocycles. The zero-order valence-corrected chi connectivity index (χ0v) is 15.0. The Bertz CT molecular complexity index is 1130. The van der Waals surface area contributed by atoms with E-state index in [9.17, 15) is 15.4 Å². The molecule has 28 heavy (non-hydrogen) atoms. The average molecular weight is 393 g/mol. The summed E-state index contributed by atoms with van der Waals surface area (Å²) in [5, 5.41) is 26.5. The number of non-ortho nitro benzene ring substituents is 1. The molecule has 4 rings (SSSR count). The molecule has 0 aliphatic carbocycles. The zero-order chi connectivity index (χ0) is 19.5. The molecule has 0 amide bonds. The maximum Gasteiger partial charge on any atom is 0.271 e. The number of hydrazone groups is 1. The van der Waals surface area contributed by atoms with Crippen LogP contribution < -0.4 is 14.9 Å². The summed E-state index contributed by atoms with van der Waals surface area (Å²) < 4.78 is 10.7. The van der Waals surface area contributed by atoms with Gasteiger partial charge in [-0.25, -0.2) is 4.98 Å². The van der Waals surface area contributed by atoms with Crippen LogP contribution in [-0.2, 0) is 0 Å². The third kappa shape index (κ3) is 3.46. The van der Waals surface area contributed by atoms with Crippen LogP contribution in [0.3, 0.4) is 0 Å². The molecule has 2 aromatic carbocycles. The normalized spacial score (nSPS) is 12.5. The van der Waals surface area contributed by atoms with Gasteiger partial charge in [0.15, 0.2) is 22.2 Å². The molecule has 0 saturated heterocycles. The first-order valence-electron chi connectivity index (χ1n) is 7.98. The molecule has 0 atom stereocenters. The fraction of sp³-hybridized carbons (Fsp3) is 0.0556. The fourth-order valence-electron chi connectivity index (χ4n) is 2.50. The van der Waals surface area contributed by atoms with E-state index < -0.39 is 4.92 Å². The van der Waals surface area contributed by atoms with E-state index in [-0.39, 0.29) is 18.2 Å². The molecule has 1 aromatic heterocycles. The Morgan fingerprint density at radius 1 is 1.29 bits per heavy atom. The van der Waals surface area contributed by atoms with Gasteiger partial charge in [-0.3, -0.25) is 15.5 Å². The standard InChI is InChI=1S/C18H11N5O4S/c19-8-14(22-21-12-2-1-3-13(7-12)23(24)25)18-20-15(9-28-18)11-4-5-16-17(6-11)27-10-26-16/h1-7,9,21H,10H2/b22-14+. The van der Waals surface area contributed by atoms with Gasteiger partial charge in [-0.15, -0.1) is 11.3 Å². The Labute approximate surface area is 162 Å². The Kier molecular flexibility index (Phi) is 4.57. The number of fused-ring (bicyclic) bond motifs is 1. The van der Waals surface area contributed by atoms with Crippen LogP contribution >= 0.6 is 11.3 Å². The molecule has 10 heteroatoms. The molecule has 0 spiro atoms. The first-order valence-corrected chi connectivity index (χ1v) is 8.86. The molecule has 9 nitrogen and oxygen atoms in total. The maximum atomic E-state index is 10.8. The lowest BCUT2D eigenvalue weighted by atomic mass is 10.1. The number of hydrogen-bond acceptors (Lipinski definition) is 9. The van der Waals surface area contributed by atoms with E-state index in [2.05, 4.69) is 15.5 Å². The number of rotatable bonds is 5. The van der Waals surface area contributed by atoms with Gasteiger partial charge >= 0.3 is 0 Å². The monoisotopic (exact) mass is 393 g/mol. The van der Waals surface area contributed by atoms with Gasteiger partial charge in [0.1, 0.15) is 6.07 Å². The quantitative estimate of drug-likeness (QED) is 0.397. The molecule has 1 N–H and O–H groups in total. The molecule has 0 bridgehead atoms. The number of nitrogens with one attached hydrogen (secondary N) is 1. The number of benzene rings is 2. The van der Waals surface area contributed by atoms with Crippen molar-refractivity contribution in [1.82, 2.24) is 4.98 Å². The van der Waals surface area contributed by atoms with E-state index >= 15 is 0 Å². The van der Waals surface area contributed by atoms with Gasteiger partial charge in [-0.1, -0.05) is 6.07 Å². The predicted molar refractivity (Wildman–Crippen MR) is 103 cm³/mol. The predicted octanol–water partition coefficient (Wildman–Crippen LogP) is 3.79. The van der Waals surface area contributed by atoms with Crippen LogP contribution in [0, 0.1) is 21.4 Å². The summed E-state index contributed by atoms with van der Waals surface area (Å²) in [4.78, 5) is 14.8. The zero-order valence-electron chi connectivity index (χ0n) is 14.2. The highest BCUT2D eigenvalue weighted by Crippen LogP contribution is 2.36. The van der Waals surface area contributed by atoms with E-state index in [1.54, 1.807) is 12.1 Å². The number of aromatic nitrogens is 1. The number of thiazole rings is 1. The highest BCUT2D eigenvalue weighted by atomic mass is 32.1. The SMILES string of the molecule is N#C/C(=N\Nc1cccc([N+](=O)[O-])c1)c1nc(-c2ccc3c(c2)OCO3)cs1. The third-order valence-corrected chi connectivity index (χ3v) is 4.68. The molecule has 0 unspecified atom stereocenters. The van der Waals surface area contributed by atoms with Gasteiger partial charge in [0, 0.05) is 23.1 Å². The second-order valence-electron chi connectivity index (χ2n) is 5.60. The minimum atomic E-state index is -0.501. The van der Waals surface area contributed by atoms with Gasteiger partial charge in [0.05, 0.1) is 16.3 Å². The Morgan fingerprint density at radius 2 is 2.14 bits per heavy atom. The molecular formula is C18H11N5O4S. The van der Waals surface area contributed by atoms with Crippen molar-refractivity contribution in [1.29, 1.82) is 5.26 Å². The lowest BCUT2D eigenvalue weighted by Crippen LogP contribution is -2.01. The number of hydrogen-bond donors (Lipinski definition) is 1. The molecule has 138 valence electrons. The van der Waals surface area contributed by atoms with Crippen LogP contribution in [0.1, 0.15) is 5.01 Å². The first kappa shape index (κ1) is 17.4. The van der Waals surface area contributed by atoms with Crippen molar-refractivity contribution in [3.63, 3.8) is 0 Å². The third-order valence-electron chi connectivity index (χ3n) is 3.83. The summed E-state index contributed by atoms with van der Waals surface area (Å²) in [5.41, 5.74) is 4.57. The summed E-state index contributed by atoms with van der Waals surface area (Å²) >= 11 is 1.27. The van der Waals surface area contributed by atoms with E-state index in [1.165, 1.54) is 29.5 Å². The average Bonchev–Trinajstić information content (AvgIpc) is 3.38. The number of nitro benzene ring substituents is 1. The smallest absolute Gasteiger partial charge is 0.271 e. The lowest BCUT2D eigenvalue weighted by molar-refractivity contribution is -0.384. The van der Waals surface area contributed by atoms with Crippen LogP contribution in [0.4, 0.5) is 11.4 Å². The molecule has 1 aliphatic rings. The van der Waals surface area contributed by atoms with Gasteiger partial charge < -0.3 is 9.47 Å². The number of ether oxygens (including phenoxy) is 2. The molecular weight excluding hydrogens is 382 g/mol. The Hall–Kier alpha value is -3.97. The van der Waals surface area contributed by atoms with Gasteiger partial charge in [0.2, 0.25) is 6.79 Å². The highest BCUT2D eigenvalue weighted by molar-refractivity contribution is 7.12. The molecule has 1 aliphatic heterocycles. The number of nitrogens with zero attached hydrogens (tertiary/aromatic N) is 4. The Balaban J connectivity index is 1.56. The van der Waals surface area contributed by atoms with Crippen LogP contribution in [0.5, 0.6) is 11.5 Å². The second-order valence-corrected chi connectivity index (χ2v) is 6.46. The molecule has 0 fully saturated rings. The molecule has 0 radical (unpaired) electrons. The minimum Gasteiger partial charge on any atom is -0.454 e. The summed E-state index contributed by atoms with van der Waals surface area (Å²) in [6.45, 7) is 0.190. The van der Waals surface area contributed by atoms with Crippen LogP contribution in [0.15, 0.2) is 52.9 Å². The van der Waals surface area contributed by atoms with E-state index in [1.807, 2.05) is 23.6 Å². The first-order chi connectivity index (χ1) is 13.6. The summed E-state index contributed by atoms with van der Waals surface area (Å²) in [5.74, 6) is 1.33. The van der Waals surface area contributed by atoms with Crippen LogP contribution in [0.2, 0.25) is 0 Å². The van der Waals surface area contributed by atoms with Crippen molar-refractivity contribution >= 4 is 28.4 Å². The van der Waals surface area contributed by atoms with Gasteiger partial charge in [-0.05, 0) is 24.3 Å². The Morgan fingerprint density at radius 3 is 2.96 bits per heavy atom. The van der Waals surface area contributed by atoms with Crippen molar-refractivity contribution in [2.75, 3.05) is 12.2 Å². The number of nitro groups is 1. The summed E-state index contributed by atoms with van der Waals surface area (Å²) in [6, 6.07) is 13.3. The number of nitriles is 1. The lowest BCUT2D eigenvalue weighted by Gasteiger charge is -2.01. The van der Waals surface area contributed by atoms with E-state index in [0.29, 0.717) is 27.9 Å². The van der Waals surface area contributed by atoms with Gasteiger partial charge in [0.25, 0.3) is 5.69 Å². The van der Waals surface area contributed by atoms with Crippen molar-refractivity contribution in [2.24, 2.45) is 5.10 Å². The van der Waals surface area contributed by atoms with Crippen molar-refractivity contribution in [2.45, 2.75) is 0 Å². The van der Waals surface area contributed by atoms with Crippen LogP contribution in [-0.4, -0.2) is 22.4 Å². The van der Waals surface area contributed by atoms with E-state index in [4.69, 9.17) is 9.47 Å². The maximum absolute atomic E-state index is 10.8. The fourth-order valence-corrected chi connectivity index (χ4v) is 3.27. The molecule has 3 aromatic rings. The summed E-state index contributed by atoms with van der Waals surface area (Å²) in [6.07, 6.45) is 0. The van der Waals surface area contributed by atoms with Gasteiger partial charge in [-0.2, -0.15) is 10.4 Å². The second kappa shape index (κ2) is 7.34. The highest BCUT2D eigenvalue weighted by Gasteiger charge is 2.16. The van der Waals surface area contributed by atoms with Crippen molar-refractivity contribution in [3.8, 4) is 28.8 Å². The molecule has 0 saturated carbocycles. The largest absolute Gasteiger partial charge is 0.454 e. The van der Waals surface area contributed by atoms with Crippen LogP contribution in [0.25, 0.3) is 11.3 Å².